The van der Waals surface area contributed by atoms with Crippen molar-refractivity contribution in [2.45, 2.75) is 38.1 Å². The van der Waals surface area contributed by atoms with E-state index in [4.69, 9.17) is 9.84 Å². The first kappa shape index (κ1) is 13.9. The summed E-state index contributed by atoms with van der Waals surface area (Å²) in [5.41, 5.74) is 0.262. The number of carbonyl (C=O) groups is 1. The van der Waals surface area contributed by atoms with E-state index in [1.165, 1.54) is 32.1 Å². The molecule has 2 N–H and O–H groups in total. The van der Waals surface area contributed by atoms with E-state index in [1.807, 2.05) is 0 Å². The number of benzene rings is 1. The molecule has 2 rings (SSSR count). The van der Waals surface area contributed by atoms with Crippen LogP contribution in [0.4, 0.5) is 0 Å². The lowest BCUT2D eigenvalue weighted by molar-refractivity contribution is 0.0696. The van der Waals surface area contributed by atoms with Crippen LogP contribution in [0, 0.1) is 0 Å². The Morgan fingerprint density at radius 2 is 2.11 bits per heavy atom. The molecule has 104 valence electrons. The Hall–Kier alpha value is -1.55. The molecule has 1 aromatic rings. The summed E-state index contributed by atoms with van der Waals surface area (Å²) in [5.74, 6) is -0.309. The molecule has 0 radical (unpaired) electrons. The van der Waals surface area contributed by atoms with E-state index >= 15 is 0 Å². The van der Waals surface area contributed by atoms with Crippen LogP contribution in [0.15, 0.2) is 24.3 Å². The van der Waals surface area contributed by atoms with Crippen LogP contribution in [0.25, 0.3) is 0 Å². The number of hydrogen-bond acceptors (Lipinski definition) is 3. The average molecular weight is 263 g/mol. The molecule has 0 aromatic heterocycles. The number of carboxylic acids is 1. The summed E-state index contributed by atoms with van der Waals surface area (Å²) in [6.07, 6.45) is 6.51. The van der Waals surface area contributed by atoms with Gasteiger partial charge in [0.1, 0.15) is 12.4 Å². The molecule has 4 heteroatoms. The fraction of sp³-hybridized carbons (Fsp3) is 0.533. The first-order valence-corrected chi connectivity index (χ1v) is 6.95. The maximum Gasteiger partial charge on any atom is 0.335 e. The fourth-order valence-electron chi connectivity index (χ4n) is 2.46. The Morgan fingerprint density at radius 1 is 1.32 bits per heavy atom. The molecular weight excluding hydrogens is 242 g/mol. The Labute approximate surface area is 113 Å². The lowest BCUT2D eigenvalue weighted by atomic mass is 9.96. The zero-order valence-electron chi connectivity index (χ0n) is 11.1. The van der Waals surface area contributed by atoms with Crippen molar-refractivity contribution in [2.75, 3.05) is 13.2 Å². The summed E-state index contributed by atoms with van der Waals surface area (Å²) in [4.78, 5) is 10.8. The van der Waals surface area contributed by atoms with Crippen LogP contribution in [0.3, 0.4) is 0 Å². The largest absolute Gasteiger partial charge is 0.492 e. The van der Waals surface area contributed by atoms with Gasteiger partial charge >= 0.3 is 5.97 Å². The fourth-order valence-corrected chi connectivity index (χ4v) is 2.46. The van der Waals surface area contributed by atoms with Crippen LogP contribution in [0.2, 0.25) is 0 Å². The standard InChI is InChI=1S/C15H21NO3/c17-15(18)12-5-4-8-14(11-12)19-10-9-16-13-6-2-1-3-7-13/h4-5,8,11,13,16H,1-3,6-7,9-10H2,(H,17,18). The molecule has 1 saturated carbocycles. The van der Waals surface area contributed by atoms with Crippen molar-refractivity contribution in [1.29, 1.82) is 0 Å². The molecule has 0 heterocycles. The van der Waals surface area contributed by atoms with Gasteiger partial charge in [0, 0.05) is 12.6 Å². The second kappa shape index (κ2) is 7.14. The van der Waals surface area contributed by atoms with Gasteiger partial charge in [-0.2, -0.15) is 0 Å². The van der Waals surface area contributed by atoms with Crippen molar-refractivity contribution in [1.82, 2.24) is 5.32 Å². The van der Waals surface area contributed by atoms with Crippen molar-refractivity contribution < 1.29 is 14.6 Å². The third-order valence-corrected chi connectivity index (χ3v) is 3.49. The van der Waals surface area contributed by atoms with Gasteiger partial charge in [-0.25, -0.2) is 4.79 Å². The second-order valence-corrected chi connectivity index (χ2v) is 4.97. The summed E-state index contributed by atoms with van der Waals surface area (Å²) in [7, 11) is 0. The summed E-state index contributed by atoms with van der Waals surface area (Å²) >= 11 is 0. The predicted octanol–water partition coefficient (Wildman–Crippen LogP) is 2.69. The number of nitrogens with one attached hydrogen (secondary N) is 1. The van der Waals surface area contributed by atoms with Crippen molar-refractivity contribution in [3.63, 3.8) is 0 Å². The van der Waals surface area contributed by atoms with Crippen LogP contribution in [0.5, 0.6) is 5.75 Å². The Kier molecular flexibility index (Phi) is 5.21. The highest BCUT2D eigenvalue weighted by atomic mass is 16.5. The van der Waals surface area contributed by atoms with Crippen LogP contribution in [-0.4, -0.2) is 30.3 Å². The topological polar surface area (TPSA) is 58.6 Å². The first-order chi connectivity index (χ1) is 9.25. The Balaban J connectivity index is 1.70. The molecule has 0 aliphatic heterocycles. The van der Waals surface area contributed by atoms with Gasteiger partial charge in [-0.1, -0.05) is 25.3 Å². The van der Waals surface area contributed by atoms with E-state index in [2.05, 4.69) is 5.32 Å². The normalized spacial score (nSPS) is 16.2. The summed E-state index contributed by atoms with van der Waals surface area (Å²) in [5, 5.41) is 12.4. The first-order valence-electron chi connectivity index (χ1n) is 6.95. The Bertz CT molecular complexity index is 414. The highest BCUT2D eigenvalue weighted by Gasteiger charge is 2.11. The highest BCUT2D eigenvalue weighted by Crippen LogP contribution is 2.17. The molecule has 4 nitrogen and oxygen atoms in total. The van der Waals surface area contributed by atoms with E-state index in [0.717, 1.165) is 6.54 Å². The number of aromatic carboxylic acids is 1. The van der Waals surface area contributed by atoms with E-state index in [0.29, 0.717) is 18.4 Å². The molecule has 0 saturated heterocycles. The molecule has 0 spiro atoms. The van der Waals surface area contributed by atoms with Crippen molar-refractivity contribution in [3.8, 4) is 5.75 Å². The van der Waals surface area contributed by atoms with Crippen LogP contribution >= 0.6 is 0 Å². The van der Waals surface area contributed by atoms with Gasteiger partial charge in [-0.15, -0.1) is 0 Å². The number of hydrogen-bond donors (Lipinski definition) is 2. The minimum atomic E-state index is -0.925. The van der Waals surface area contributed by atoms with Crippen molar-refractivity contribution in [2.24, 2.45) is 0 Å². The van der Waals surface area contributed by atoms with Gasteiger partial charge in [-0.05, 0) is 31.0 Å². The van der Waals surface area contributed by atoms with Gasteiger partial charge < -0.3 is 15.2 Å². The lowest BCUT2D eigenvalue weighted by Crippen LogP contribution is -2.34. The number of ether oxygens (including phenoxy) is 1. The number of carboxylic acid groups (broad SMARTS) is 1. The monoisotopic (exact) mass is 263 g/mol. The molecular formula is C15H21NO3. The quantitative estimate of drug-likeness (QED) is 0.775. The molecule has 1 fully saturated rings. The van der Waals surface area contributed by atoms with E-state index in [9.17, 15) is 4.79 Å². The summed E-state index contributed by atoms with van der Waals surface area (Å²) in [6, 6.07) is 7.24. The van der Waals surface area contributed by atoms with E-state index in [1.54, 1.807) is 24.3 Å². The molecule has 0 amide bonds. The van der Waals surface area contributed by atoms with Crippen LogP contribution < -0.4 is 10.1 Å². The van der Waals surface area contributed by atoms with E-state index < -0.39 is 5.97 Å². The zero-order chi connectivity index (χ0) is 13.5. The predicted molar refractivity (Wildman–Crippen MR) is 73.8 cm³/mol. The van der Waals surface area contributed by atoms with E-state index in [-0.39, 0.29) is 5.56 Å². The summed E-state index contributed by atoms with van der Waals surface area (Å²) < 4.78 is 5.56. The minimum Gasteiger partial charge on any atom is -0.492 e. The second-order valence-electron chi connectivity index (χ2n) is 4.97. The van der Waals surface area contributed by atoms with Crippen molar-refractivity contribution in [3.05, 3.63) is 29.8 Å². The SMILES string of the molecule is O=C(O)c1cccc(OCCNC2CCCCC2)c1. The molecule has 1 aliphatic carbocycles. The van der Waals surface area contributed by atoms with Crippen LogP contribution in [0.1, 0.15) is 42.5 Å². The maximum absolute atomic E-state index is 10.8. The molecule has 19 heavy (non-hydrogen) atoms. The lowest BCUT2D eigenvalue weighted by Gasteiger charge is -2.22. The van der Waals surface area contributed by atoms with Gasteiger partial charge in [0.05, 0.1) is 5.56 Å². The smallest absolute Gasteiger partial charge is 0.335 e. The maximum atomic E-state index is 10.8. The molecule has 1 aromatic carbocycles. The van der Waals surface area contributed by atoms with Crippen molar-refractivity contribution >= 4 is 5.97 Å². The third kappa shape index (κ3) is 4.56. The van der Waals surface area contributed by atoms with Gasteiger partial charge in [-0.3, -0.25) is 0 Å². The molecule has 1 aliphatic rings. The zero-order valence-corrected chi connectivity index (χ0v) is 11.1. The van der Waals surface area contributed by atoms with Crippen LogP contribution in [-0.2, 0) is 0 Å². The third-order valence-electron chi connectivity index (χ3n) is 3.49. The highest BCUT2D eigenvalue weighted by molar-refractivity contribution is 5.87. The Morgan fingerprint density at radius 3 is 2.84 bits per heavy atom. The van der Waals surface area contributed by atoms with Gasteiger partial charge in [0.2, 0.25) is 0 Å². The van der Waals surface area contributed by atoms with Gasteiger partial charge in [0.15, 0.2) is 0 Å². The minimum absolute atomic E-state index is 0.262. The molecule has 0 unspecified atom stereocenters. The van der Waals surface area contributed by atoms with Gasteiger partial charge in [0.25, 0.3) is 0 Å². The molecule has 0 atom stereocenters. The summed E-state index contributed by atoms with van der Waals surface area (Å²) in [6.45, 7) is 1.38. The molecule has 0 bridgehead atoms. The average Bonchev–Trinajstić information content (AvgIpc) is 2.45. The number of rotatable bonds is 6.